The summed E-state index contributed by atoms with van der Waals surface area (Å²) in [6, 6.07) is 6.34. The molecule has 1 aromatic rings. The number of rotatable bonds is 5. The predicted molar refractivity (Wildman–Crippen MR) is 97.9 cm³/mol. The summed E-state index contributed by atoms with van der Waals surface area (Å²) in [5, 5.41) is 14.7. The molecule has 1 unspecified atom stereocenters. The van der Waals surface area contributed by atoms with Gasteiger partial charge in [0.1, 0.15) is 5.82 Å². The van der Waals surface area contributed by atoms with Crippen molar-refractivity contribution in [1.29, 1.82) is 5.41 Å². The van der Waals surface area contributed by atoms with Crippen LogP contribution in [0.15, 0.2) is 59.3 Å². The second-order valence-corrected chi connectivity index (χ2v) is 6.46. The Morgan fingerprint density at radius 3 is 2.83 bits per heavy atom. The van der Waals surface area contributed by atoms with Gasteiger partial charge in [0.25, 0.3) is 0 Å². The van der Waals surface area contributed by atoms with Gasteiger partial charge in [-0.05, 0) is 61.7 Å². The van der Waals surface area contributed by atoms with E-state index in [9.17, 15) is 4.39 Å². The zero-order valence-electron chi connectivity index (χ0n) is 14.0. The van der Waals surface area contributed by atoms with E-state index in [1.54, 1.807) is 12.1 Å². The molecule has 1 aromatic carbocycles. The number of hydrogen-bond donors (Lipinski definition) is 3. The van der Waals surface area contributed by atoms with Crippen LogP contribution >= 0.6 is 0 Å². The van der Waals surface area contributed by atoms with Gasteiger partial charge in [-0.25, -0.2) is 4.39 Å². The largest absolute Gasteiger partial charge is 0.355 e. The highest BCUT2D eigenvalue weighted by molar-refractivity contribution is 5.81. The second-order valence-electron chi connectivity index (χ2n) is 6.46. The topological polar surface area (TPSA) is 47.9 Å². The van der Waals surface area contributed by atoms with E-state index in [4.69, 9.17) is 5.41 Å². The number of nitrogens with one attached hydrogen (secondary N) is 3. The normalized spacial score (nSPS) is 23.8. The first kappa shape index (κ1) is 16.7. The van der Waals surface area contributed by atoms with Crippen molar-refractivity contribution in [2.24, 2.45) is 5.41 Å². The number of anilines is 1. The van der Waals surface area contributed by atoms with Crippen molar-refractivity contribution < 1.29 is 4.39 Å². The van der Waals surface area contributed by atoms with E-state index in [0.717, 1.165) is 49.3 Å². The van der Waals surface area contributed by atoms with Crippen LogP contribution in [0.25, 0.3) is 0 Å². The summed E-state index contributed by atoms with van der Waals surface area (Å²) in [6.07, 6.45) is 11.0. The molecule has 1 fully saturated rings. The Morgan fingerprint density at radius 1 is 1.33 bits per heavy atom. The molecule has 1 saturated heterocycles. The lowest BCUT2D eigenvalue weighted by molar-refractivity contribution is 0.363. The van der Waals surface area contributed by atoms with Crippen molar-refractivity contribution in [3.05, 3.63) is 65.2 Å². The Kier molecular flexibility index (Phi) is 4.95. The van der Waals surface area contributed by atoms with Crippen molar-refractivity contribution >= 4 is 11.9 Å². The van der Waals surface area contributed by atoms with Crippen LogP contribution in [0.5, 0.6) is 0 Å². The maximum Gasteiger partial charge on any atom is 0.123 e. The molecule has 2 aliphatic rings. The number of halogens is 1. The van der Waals surface area contributed by atoms with E-state index < -0.39 is 0 Å². The van der Waals surface area contributed by atoms with Crippen LogP contribution in [-0.4, -0.2) is 19.3 Å². The maximum atomic E-state index is 13.1. The molecular weight excluding hydrogens is 301 g/mol. The van der Waals surface area contributed by atoms with E-state index >= 15 is 0 Å². The molecule has 0 saturated carbocycles. The highest BCUT2D eigenvalue weighted by Gasteiger charge is 2.37. The fourth-order valence-corrected chi connectivity index (χ4v) is 3.49. The molecule has 1 atom stereocenters. The maximum absolute atomic E-state index is 13.1. The molecule has 3 rings (SSSR count). The Balaban J connectivity index is 1.93. The first-order chi connectivity index (χ1) is 11.7. The average Bonchev–Trinajstić information content (AvgIpc) is 2.61. The molecule has 1 aliphatic carbocycles. The van der Waals surface area contributed by atoms with Crippen molar-refractivity contribution in [3.63, 3.8) is 0 Å². The fourth-order valence-electron chi connectivity index (χ4n) is 3.49. The van der Waals surface area contributed by atoms with Gasteiger partial charge in [-0.15, -0.1) is 0 Å². The number of allylic oxidation sites excluding steroid dienone is 3. The van der Waals surface area contributed by atoms with Crippen LogP contribution in [0.1, 0.15) is 26.2 Å². The monoisotopic (exact) mass is 325 g/mol. The first-order valence-corrected chi connectivity index (χ1v) is 8.52. The summed E-state index contributed by atoms with van der Waals surface area (Å²) in [5.41, 5.74) is 4.16. The molecule has 1 aliphatic heterocycles. The third-order valence-electron chi connectivity index (χ3n) is 4.79. The minimum atomic E-state index is -0.245. The van der Waals surface area contributed by atoms with Crippen LogP contribution in [-0.2, 0) is 0 Å². The minimum absolute atomic E-state index is 0.0187. The van der Waals surface area contributed by atoms with E-state index in [0.29, 0.717) is 0 Å². The summed E-state index contributed by atoms with van der Waals surface area (Å²) < 4.78 is 13.1. The van der Waals surface area contributed by atoms with Gasteiger partial charge < -0.3 is 16.0 Å². The van der Waals surface area contributed by atoms with Crippen molar-refractivity contribution in [3.8, 4) is 0 Å². The van der Waals surface area contributed by atoms with Crippen LogP contribution < -0.4 is 10.6 Å². The zero-order chi connectivity index (χ0) is 17.0. The first-order valence-electron chi connectivity index (χ1n) is 8.52. The van der Waals surface area contributed by atoms with E-state index in [1.165, 1.54) is 23.9 Å². The van der Waals surface area contributed by atoms with Gasteiger partial charge in [0.15, 0.2) is 0 Å². The molecular formula is C20H24FN3. The van der Waals surface area contributed by atoms with Gasteiger partial charge in [0, 0.05) is 29.6 Å². The van der Waals surface area contributed by atoms with Gasteiger partial charge >= 0.3 is 0 Å². The molecule has 1 heterocycles. The lowest BCUT2D eigenvalue weighted by Gasteiger charge is -2.41. The van der Waals surface area contributed by atoms with Crippen LogP contribution in [0, 0.1) is 16.6 Å². The summed E-state index contributed by atoms with van der Waals surface area (Å²) in [4.78, 5) is 0. The minimum Gasteiger partial charge on any atom is -0.355 e. The Bertz CT molecular complexity index is 700. The molecule has 0 bridgehead atoms. The van der Waals surface area contributed by atoms with Crippen LogP contribution in [0.2, 0.25) is 0 Å². The standard InChI is InChI=1S/C20H24FN3/c1-2-3-9-20-12-15(13-22)19(11-16(20)8-10-23-14-20)24-18-6-4-17(21)5-7-18/h3-7,9,11,13,22-24H,2,8,10,12,14H2,1H3/b9-3+,22-13?. The number of fused-ring (bicyclic) bond motifs is 1. The Hall–Kier alpha value is -2.20. The third-order valence-corrected chi connectivity index (χ3v) is 4.79. The average molecular weight is 325 g/mol. The van der Waals surface area contributed by atoms with E-state index in [-0.39, 0.29) is 11.2 Å². The lowest BCUT2D eigenvalue weighted by Crippen LogP contribution is -2.42. The molecule has 0 spiro atoms. The van der Waals surface area contributed by atoms with Gasteiger partial charge in [-0.1, -0.05) is 24.6 Å². The van der Waals surface area contributed by atoms with Crippen LogP contribution in [0.3, 0.4) is 0 Å². The molecule has 0 amide bonds. The Labute approximate surface area is 142 Å². The van der Waals surface area contributed by atoms with Gasteiger partial charge in [-0.3, -0.25) is 0 Å². The summed E-state index contributed by atoms with van der Waals surface area (Å²) in [6.45, 7) is 4.04. The second kappa shape index (κ2) is 7.14. The van der Waals surface area contributed by atoms with E-state index in [1.807, 2.05) is 0 Å². The third kappa shape index (κ3) is 3.34. The Morgan fingerprint density at radius 2 is 2.12 bits per heavy atom. The van der Waals surface area contributed by atoms with Gasteiger partial charge in [-0.2, -0.15) is 0 Å². The number of hydrogen-bond acceptors (Lipinski definition) is 3. The van der Waals surface area contributed by atoms with Crippen LogP contribution in [0.4, 0.5) is 10.1 Å². The van der Waals surface area contributed by atoms with E-state index in [2.05, 4.69) is 35.8 Å². The quantitative estimate of drug-likeness (QED) is 0.554. The molecule has 126 valence electrons. The van der Waals surface area contributed by atoms with Crippen molar-refractivity contribution in [2.45, 2.75) is 26.2 Å². The molecule has 0 radical (unpaired) electrons. The lowest BCUT2D eigenvalue weighted by atomic mass is 9.68. The smallest absolute Gasteiger partial charge is 0.123 e. The predicted octanol–water partition coefficient (Wildman–Crippen LogP) is 4.42. The van der Waals surface area contributed by atoms with Crippen molar-refractivity contribution in [1.82, 2.24) is 5.32 Å². The summed E-state index contributed by atoms with van der Waals surface area (Å²) >= 11 is 0. The molecule has 0 aromatic heterocycles. The molecule has 3 N–H and O–H groups in total. The molecule has 24 heavy (non-hydrogen) atoms. The number of benzene rings is 1. The highest BCUT2D eigenvalue weighted by atomic mass is 19.1. The summed E-state index contributed by atoms with van der Waals surface area (Å²) in [5.74, 6) is -0.245. The van der Waals surface area contributed by atoms with Crippen molar-refractivity contribution in [2.75, 3.05) is 18.4 Å². The van der Waals surface area contributed by atoms with Gasteiger partial charge in [0.2, 0.25) is 0 Å². The fraction of sp³-hybridized carbons (Fsp3) is 0.350. The molecule has 4 heteroatoms. The molecule has 3 nitrogen and oxygen atoms in total. The van der Waals surface area contributed by atoms with Gasteiger partial charge in [0.05, 0.1) is 0 Å². The SMILES string of the molecule is CC/C=C/C12CNCCC1=CC(Nc1ccc(F)cc1)=C(C=N)C2. The number of piperidine rings is 1. The summed E-state index contributed by atoms with van der Waals surface area (Å²) in [7, 11) is 0. The zero-order valence-corrected chi connectivity index (χ0v) is 14.0. The highest BCUT2D eigenvalue weighted by Crippen LogP contribution is 2.44.